The maximum atomic E-state index is 13.4. The smallest absolute Gasteiger partial charge is 0.266 e. The van der Waals surface area contributed by atoms with Crippen molar-refractivity contribution in [3.8, 4) is 22.7 Å². The van der Waals surface area contributed by atoms with E-state index >= 15 is 0 Å². The van der Waals surface area contributed by atoms with E-state index in [9.17, 15) is 4.79 Å². The van der Waals surface area contributed by atoms with Crippen LogP contribution in [0.2, 0.25) is 5.02 Å². The topological polar surface area (TPSA) is 47.4 Å². The molecule has 188 valence electrons. The number of ether oxygens (including phenoxy) is 1. The number of amides is 1. The van der Waals surface area contributed by atoms with E-state index in [0.29, 0.717) is 32.5 Å². The van der Waals surface area contributed by atoms with Crippen LogP contribution in [0.25, 0.3) is 23.0 Å². The summed E-state index contributed by atoms with van der Waals surface area (Å²) in [4.78, 5) is 15.8. The number of para-hydroxylation sites is 1. The number of unbranched alkanes of at least 4 members (excludes halogenated alkanes) is 1. The van der Waals surface area contributed by atoms with Crippen LogP contribution in [-0.2, 0) is 4.79 Å². The molecule has 1 aliphatic heterocycles. The second-order valence-corrected chi connectivity index (χ2v) is 10.9. The SMILES string of the molecule is CCCC[C@@H](CC)CN1C(=O)/C(=C/c2cn(-c3ccccc3)nc2-c2ccc(OC)c(Cl)c2)SC1=S. The van der Waals surface area contributed by atoms with E-state index in [-0.39, 0.29) is 5.91 Å². The number of halogens is 1. The van der Waals surface area contributed by atoms with E-state index in [4.69, 9.17) is 33.7 Å². The average Bonchev–Trinajstić information content (AvgIpc) is 3.43. The van der Waals surface area contributed by atoms with Crippen LogP contribution in [0, 0.1) is 5.92 Å². The van der Waals surface area contributed by atoms with Gasteiger partial charge in [-0.15, -0.1) is 0 Å². The average molecular weight is 540 g/mol. The van der Waals surface area contributed by atoms with Crippen LogP contribution < -0.4 is 4.74 Å². The second kappa shape index (κ2) is 12.1. The molecule has 1 aromatic heterocycles. The van der Waals surface area contributed by atoms with Gasteiger partial charge in [-0.05, 0) is 48.7 Å². The Morgan fingerprint density at radius 1 is 1.19 bits per heavy atom. The van der Waals surface area contributed by atoms with E-state index < -0.39 is 0 Å². The second-order valence-electron chi connectivity index (χ2n) is 8.77. The van der Waals surface area contributed by atoms with E-state index in [1.165, 1.54) is 11.8 Å². The first kappa shape index (κ1) is 26.5. The lowest BCUT2D eigenvalue weighted by molar-refractivity contribution is -0.122. The van der Waals surface area contributed by atoms with Crippen LogP contribution >= 0.6 is 35.6 Å². The third kappa shape index (κ3) is 5.85. The number of thiocarbonyl (C=S) groups is 1. The van der Waals surface area contributed by atoms with E-state index in [2.05, 4.69) is 13.8 Å². The zero-order valence-electron chi connectivity index (χ0n) is 20.7. The lowest BCUT2D eigenvalue weighted by atomic mass is 9.99. The summed E-state index contributed by atoms with van der Waals surface area (Å²) < 4.78 is 7.75. The minimum absolute atomic E-state index is 0.0360. The van der Waals surface area contributed by atoms with Gasteiger partial charge in [0.15, 0.2) is 0 Å². The van der Waals surface area contributed by atoms with Crippen molar-refractivity contribution in [1.82, 2.24) is 14.7 Å². The number of carbonyl (C=O) groups is 1. The Morgan fingerprint density at radius 3 is 2.64 bits per heavy atom. The summed E-state index contributed by atoms with van der Waals surface area (Å²) in [6, 6.07) is 15.5. The molecule has 0 spiro atoms. The number of aromatic nitrogens is 2. The Morgan fingerprint density at radius 2 is 1.97 bits per heavy atom. The first-order valence-corrected chi connectivity index (χ1v) is 13.8. The van der Waals surface area contributed by atoms with Crippen LogP contribution in [0.5, 0.6) is 5.75 Å². The molecule has 2 heterocycles. The van der Waals surface area contributed by atoms with Crippen molar-refractivity contribution < 1.29 is 9.53 Å². The van der Waals surface area contributed by atoms with Crippen molar-refractivity contribution in [3.05, 3.63) is 70.2 Å². The lowest BCUT2D eigenvalue weighted by Gasteiger charge is -2.21. The number of carbonyl (C=O) groups excluding carboxylic acids is 1. The van der Waals surface area contributed by atoms with Crippen molar-refractivity contribution in [2.24, 2.45) is 5.92 Å². The fraction of sp³-hybridized carbons (Fsp3) is 0.321. The fourth-order valence-electron chi connectivity index (χ4n) is 4.22. The zero-order chi connectivity index (χ0) is 25.7. The van der Waals surface area contributed by atoms with Crippen LogP contribution in [0.15, 0.2) is 59.6 Å². The zero-order valence-corrected chi connectivity index (χ0v) is 23.1. The van der Waals surface area contributed by atoms with E-state index in [1.807, 2.05) is 65.5 Å². The van der Waals surface area contributed by atoms with Gasteiger partial charge in [-0.25, -0.2) is 4.68 Å². The summed E-state index contributed by atoms with van der Waals surface area (Å²) in [5, 5.41) is 5.35. The highest BCUT2D eigenvalue weighted by Crippen LogP contribution is 2.37. The van der Waals surface area contributed by atoms with Gasteiger partial charge >= 0.3 is 0 Å². The Kier molecular flexibility index (Phi) is 8.88. The van der Waals surface area contributed by atoms with Gasteiger partial charge in [-0.1, -0.05) is 86.9 Å². The van der Waals surface area contributed by atoms with E-state index in [0.717, 1.165) is 48.2 Å². The highest BCUT2D eigenvalue weighted by atomic mass is 35.5. The van der Waals surface area contributed by atoms with Crippen molar-refractivity contribution in [1.29, 1.82) is 0 Å². The summed E-state index contributed by atoms with van der Waals surface area (Å²) in [6.45, 7) is 5.04. The van der Waals surface area contributed by atoms with Gasteiger partial charge in [0.05, 0.1) is 22.7 Å². The highest BCUT2D eigenvalue weighted by molar-refractivity contribution is 8.26. The van der Waals surface area contributed by atoms with Crippen molar-refractivity contribution in [2.45, 2.75) is 39.5 Å². The van der Waals surface area contributed by atoms with Crippen LogP contribution in [0.3, 0.4) is 0 Å². The number of nitrogens with zero attached hydrogens (tertiary/aromatic N) is 3. The molecule has 1 amide bonds. The Labute approximate surface area is 227 Å². The number of hydrogen-bond acceptors (Lipinski definition) is 5. The highest BCUT2D eigenvalue weighted by Gasteiger charge is 2.33. The molecule has 0 aliphatic carbocycles. The Hall–Kier alpha value is -2.61. The summed E-state index contributed by atoms with van der Waals surface area (Å²) in [5.41, 5.74) is 3.30. The molecule has 2 aromatic carbocycles. The minimum Gasteiger partial charge on any atom is -0.495 e. The van der Waals surface area contributed by atoms with Gasteiger partial charge in [-0.3, -0.25) is 9.69 Å². The molecule has 0 radical (unpaired) electrons. The maximum Gasteiger partial charge on any atom is 0.266 e. The van der Waals surface area contributed by atoms with Crippen molar-refractivity contribution in [2.75, 3.05) is 13.7 Å². The lowest BCUT2D eigenvalue weighted by Crippen LogP contribution is -2.33. The van der Waals surface area contributed by atoms with Gasteiger partial charge in [-0.2, -0.15) is 5.10 Å². The van der Waals surface area contributed by atoms with Crippen LogP contribution in [-0.4, -0.2) is 38.6 Å². The first-order chi connectivity index (χ1) is 17.4. The predicted octanol–water partition coefficient (Wildman–Crippen LogP) is 7.62. The quantitative estimate of drug-likeness (QED) is 0.196. The summed E-state index contributed by atoms with van der Waals surface area (Å²) in [5.74, 6) is 1.01. The molecular weight excluding hydrogens is 510 g/mol. The van der Waals surface area contributed by atoms with E-state index in [1.54, 1.807) is 12.0 Å². The third-order valence-electron chi connectivity index (χ3n) is 6.33. The first-order valence-electron chi connectivity index (χ1n) is 12.2. The van der Waals surface area contributed by atoms with Gasteiger partial charge in [0.1, 0.15) is 15.8 Å². The standard InChI is InChI=1S/C28H30ClN3O2S2/c1-4-6-10-19(5-2)17-31-27(33)25(36-28(31)35)16-21-18-32(22-11-8-7-9-12-22)30-26(21)20-13-14-24(34-3)23(29)15-20/h7-9,11-16,18-19H,4-6,10,17H2,1-3H3/b25-16-/t19-/m1/s1. The van der Waals surface area contributed by atoms with Gasteiger partial charge < -0.3 is 4.74 Å². The van der Waals surface area contributed by atoms with Gasteiger partial charge in [0.2, 0.25) is 0 Å². The molecule has 1 aliphatic rings. The molecule has 0 unspecified atom stereocenters. The number of rotatable bonds is 10. The molecule has 1 atom stereocenters. The molecule has 8 heteroatoms. The van der Waals surface area contributed by atoms with Crippen LogP contribution in [0.1, 0.15) is 45.1 Å². The largest absolute Gasteiger partial charge is 0.495 e. The number of thioether (sulfide) groups is 1. The molecule has 3 aromatic rings. The normalized spacial score (nSPS) is 15.7. The van der Waals surface area contributed by atoms with Crippen LogP contribution in [0.4, 0.5) is 0 Å². The molecule has 0 N–H and O–H groups in total. The molecule has 4 rings (SSSR count). The summed E-state index contributed by atoms with van der Waals surface area (Å²) >= 11 is 13.4. The fourth-order valence-corrected chi connectivity index (χ4v) is 5.74. The molecular formula is C28H30ClN3O2S2. The van der Waals surface area contributed by atoms with Gasteiger partial charge in [0.25, 0.3) is 5.91 Å². The molecule has 0 bridgehead atoms. The number of benzene rings is 2. The predicted molar refractivity (Wildman–Crippen MR) is 154 cm³/mol. The molecule has 0 saturated carbocycles. The van der Waals surface area contributed by atoms with Crippen molar-refractivity contribution in [3.63, 3.8) is 0 Å². The Balaban J connectivity index is 1.70. The Bertz CT molecular complexity index is 1270. The summed E-state index contributed by atoms with van der Waals surface area (Å²) in [6.07, 6.45) is 8.28. The third-order valence-corrected chi connectivity index (χ3v) is 8.01. The van der Waals surface area contributed by atoms with Crippen molar-refractivity contribution >= 4 is 51.9 Å². The summed E-state index contributed by atoms with van der Waals surface area (Å²) in [7, 11) is 1.59. The maximum absolute atomic E-state index is 13.4. The minimum atomic E-state index is -0.0360. The molecule has 5 nitrogen and oxygen atoms in total. The molecule has 1 saturated heterocycles. The molecule has 36 heavy (non-hydrogen) atoms. The number of methoxy groups -OCH3 is 1. The molecule has 1 fully saturated rings. The monoisotopic (exact) mass is 539 g/mol. The van der Waals surface area contributed by atoms with Gasteiger partial charge in [0, 0.05) is 23.9 Å². The number of hydrogen-bond donors (Lipinski definition) is 0.